The van der Waals surface area contributed by atoms with E-state index in [1.807, 2.05) is 61.5 Å². The van der Waals surface area contributed by atoms with E-state index in [0.29, 0.717) is 50.9 Å². The molecule has 2 N–H and O–H groups in total. The summed E-state index contributed by atoms with van der Waals surface area (Å²) in [5.74, 6) is 0.150. The number of aromatic nitrogens is 7. The van der Waals surface area contributed by atoms with Crippen molar-refractivity contribution in [1.82, 2.24) is 34.3 Å². The Hall–Kier alpha value is -5.65. The summed E-state index contributed by atoms with van der Waals surface area (Å²) in [6.07, 6.45) is 2.79. The van der Waals surface area contributed by atoms with Crippen molar-refractivity contribution in [1.29, 1.82) is 0 Å². The van der Waals surface area contributed by atoms with Crippen molar-refractivity contribution < 1.29 is 9.59 Å². The topological polar surface area (TPSA) is 144 Å². The summed E-state index contributed by atoms with van der Waals surface area (Å²) in [6, 6.07) is 16.9. The molecule has 0 bridgehead atoms. The van der Waals surface area contributed by atoms with Gasteiger partial charge >= 0.3 is 0 Å². The highest BCUT2D eigenvalue weighted by Gasteiger charge is 2.58. The highest BCUT2D eigenvalue weighted by molar-refractivity contribution is 6.16. The number of benzene rings is 2. The Kier molecular flexibility index (Phi) is 4.85. The number of nitrogens with one attached hydrogen (secondary N) is 2. The Balaban J connectivity index is 1.33. The van der Waals surface area contributed by atoms with E-state index in [9.17, 15) is 14.4 Å². The summed E-state index contributed by atoms with van der Waals surface area (Å²) in [4.78, 5) is 59.1. The maximum Gasteiger partial charge on any atom is 0.255 e. The second-order valence-corrected chi connectivity index (χ2v) is 10.7. The van der Waals surface area contributed by atoms with Gasteiger partial charge in [0, 0.05) is 30.3 Å². The molecule has 206 valence electrons. The second kappa shape index (κ2) is 8.43. The maximum absolute atomic E-state index is 14.7. The number of H-pyrrole nitrogens is 1. The van der Waals surface area contributed by atoms with E-state index >= 15 is 0 Å². The van der Waals surface area contributed by atoms with E-state index in [1.165, 1.54) is 17.3 Å². The van der Waals surface area contributed by atoms with Crippen LogP contribution < -0.4 is 15.8 Å². The van der Waals surface area contributed by atoms with E-state index in [4.69, 9.17) is 5.10 Å². The summed E-state index contributed by atoms with van der Waals surface area (Å²) in [7, 11) is 1.73. The van der Waals surface area contributed by atoms with Gasteiger partial charge in [0.25, 0.3) is 5.56 Å². The number of hydrogen-bond acceptors (Lipinski definition) is 7. The highest BCUT2D eigenvalue weighted by Crippen LogP contribution is 2.53. The molecular formula is C30H23N9O3. The number of para-hydroxylation sites is 2. The molecular weight excluding hydrogens is 534 g/mol. The molecule has 6 aromatic rings. The normalized spacial score (nSPS) is 17.7. The Labute approximate surface area is 237 Å². The van der Waals surface area contributed by atoms with Crippen LogP contribution in [0.5, 0.6) is 0 Å². The lowest BCUT2D eigenvalue weighted by Gasteiger charge is -2.33. The number of nitrogens with zero attached hydrogens (tertiary/aromatic N) is 7. The van der Waals surface area contributed by atoms with Crippen LogP contribution in [0.2, 0.25) is 0 Å². The molecule has 8 rings (SSSR count). The molecule has 0 saturated heterocycles. The SMILES string of the molecule is Cc1nn(-c2ncnc3nc[nH]c23)c2c1[C@@]1(CC(=O)N2)C(=O)N(Cc2cc3ccccc3n(C)c2=O)c2ccccc21. The summed E-state index contributed by atoms with van der Waals surface area (Å²) in [6.45, 7) is 1.87. The minimum atomic E-state index is -1.33. The van der Waals surface area contributed by atoms with Crippen molar-refractivity contribution in [2.75, 3.05) is 10.2 Å². The lowest BCUT2D eigenvalue weighted by atomic mass is 9.70. The molecule has 2 aliphatic heterocycles. The standard InChI is InChI=1S/C30H23N9O3/c1-16-23-26(39(36-16)27-24-25(32-14-31-24)33-15-34-27)35-22(40)12-30(23)19-8-4-6-10-21(19)38(29(30)42)13-18-11-17-7-3-5-9-20(17)37(2)28(18)41/h3-11,14-15H,12-13H2,1-2H3,(H,35,40)(H,31,32,33,34)/t30-/m0/s1. The Morgan fingerprint density at radius 2 is 1.81 bits per heavy atom. The van der Waals surface area contributed by atoms with Crippen molar-refractivity contribution in [3.63, 3.8) is 0 Å². The van der Waals surface area contributed by atoms with Gasteiger partial charge in [0.2, 0.25) is 11.8 Å². The van der Waals surface area contributed by atoms with Crippen LogP contribution in [0, 0.1) is 6.92 Å². The van der Waals surface area contributed by atoms with Crippen LogP contribution in [0.15, 0.2) is 72.0 Å². The van der Waals surface area contributed by atoms with Crippen molar-refractivity contribution >= 4 is 45.4 Å². The first kappa shape index (κ1) is 24.2. The molecule has 1 atom stereocenters. The zero-order valence-corrected chi connectivity index (χ0v) is 22.6. The van der Waals surface area contributed by atoms with E-state index in [2.05, 4.69) is 25.3 Å². The van der Waals surface area contributed by atoms with Crippen LogP contribution in [-0.2, 0) is 28.6 Å². The van der Waals surface area contributed by atoms with Crippen molar-refractivity contribution in [2.24, 2.45) is 7.05 Å². The Bertz CT molecular complexity index is 2190. The van der Waals surface area contributed by atoms with E-state index < -0.39 is 5.41 Å². The number of hydrogen-bond donors (Lipinski definition) is 2. The third kappa shape index (κ3) is 3.08. The molecule has 1 spiro atoms. The molecule has 2 aromatic carbocycles. The summed E-state index contributed by atoms with van der Waals surface area (Å²) >= 11 is 0. The maximum atomic E-state index is 14.7. The van der Waals surface area contributed by atoms with Gasteiger partial charge in [-0.3, -0.25) is 14.4 Å². The zero-order chi connectivity index (χ0) is 28.7. The highest BCUT2D eigenvalue weighted by atomic mass is 16.2. The Morgan fingerprint density at radius 1 is 1.00 bits per heavy atom. The molecule has 2 amide bonds. The first-order valence-electron chi connectivity index (χ1n) is 13.4. The number of anilines is 2. The van der Waals surface area contributed by atoms with Gasteiger partial charge in [-0.1, -0.05) is 36.4 Å². The van der Waals surface area contributed by atoms with Gasteiger partial charge in [-0.05, 0) is 36.1 Å². The fraction of sp³-hybridized carbons (Fsp3) is 0.167. The number of amides is 2. The number of carbonyl (C=O) groups is 2. The fourth-order valence-electron chi connectivity index (χ4n) is 6.59. The monoisotopic (exact) mass is 557 g/mol. The number of aryl methyl sites for hydroxylation is 2. The molecule has 4 aromatic heterocycles. The predicted molar refractivity (Wildman–Crippen MR) is 154 cm³/mol. The second-order valence-electron chi connectivity index (χ2n) is 10.7. The van der Waals surface area contributed by atoms with Gasteiger partial charge in [-0.2, -0.15) is 9.78 Å². The number of rotatable bonds is 3. The molecule has 12 heteroatoms. The van der Waals surface area contributed by atoms with Gasteiger partial charge in [0.15, 0.2) is 11.5 Å². The first-order chi connectivity index (χ1) is 20.4. The quantitative estimate of drug-likeness (QED) is 0.341. The van der Waals surface area contributed by atoms with Crippen molar-refractivity contribution in [3.05, 3.63) is 100.0 Å². The third-order valence-electron chi connectivity index (χ3n) is 8.37. The zero-order valence-electron chi connectivity index (χ0n) is 22.6. The molecule has 0 unspecified atom stereocenters. The van der Waals surface area contributed by atoms with Crippen LogP contribution >= 0.6 is 0 Å². The molecule has 12 nitrogen and oxygen atoms in total. The number of aromatic amines is 1. The van der Waals surface area contributed by atoms with Crippen molar-refractivity contribution in [2.45, 2.75) is 25.3 Å². The van der Waals surface area contributed by atoms with Gasteiger partial charge in [-0.15, -0.1) is 0 Å². The van der Waals surface area contributed by atoms with E-state index in [0.717, 1.165) is 10.9 Å². The largest absolute Gasteiger partial charge is 0.340 e. The van der Waals surface area contributed by atoms with Crippen molar-refractivity contribution in [3.8, 4) is 5.82 Å². The average molecular weight is 558 g/mol. The van der Waals surface area contributed by atoms with Gasteiger partial charge < -0.3 is 19.8 Å². The fourth-order valence-corrected chi connectivity index (χ4v) is 6.59. The molecule has 6 heterocycles. The molecule has 42 heavy (non-hydrogen) atoms. The Morgan fingerprint density at radius 3 is 2.69 bits per heavy atom. The number of carbonyl (C=O) groups excluding carboxylic acids is 2. The molecule has 0 aliphatic carbocycles. The molecule has 0 saturated carbocycles. The number of pyridine rings is 1. The van der Waals surface area contributed by atoms with Gasteiger partial charge in [0.1, 0.15) is 23.1 Å². The third-order valence-corrected chi connectivity index (χ3v) is 8.37. The molecule has 2 aliphatic rings. The number of imidazole rings is 1. The number of fused-ring (bicyclic) bond motifs is 6. The minimum absolute atomic E-state index is 0.0555. The average Bonchev–Trinajstić information content (AvgIpc) is 3.67. The summed E-state index contributed by atoms with van der Waals surface area (Å²) < 4.78 is 3.13. The van der Waals surface area contributed by atoms with Crippen LogP contribution in [0.1, 0.15) is 28.8 Å². The molecule has 0 fully saturated rings. The summed E-state index contributed by atoms with van der Waals surface area (Å²) in [5, 5.41) is 8.61. The van der Waals surface area contributed by atoms with E-state index in [1.54, 1.807) is 16.5 Å². The summed E-state index contributed by atoms with van der Waals surface area (Å²) in [5.41, 5.74) is 3.28. The van der Waals surface area contributed by atoms with Gasteiger partial charge in [0.05, 0.1) is 24.1 Å². The lowest BCUT2D eigenvalue weighted by molar-refractivity contribution is -0.126. The van der Waals surface area contributed by atoms with Crippen LogP contribution in [0.4, 0.5) is 11.5 Å². The van der Waals surface area contributed by atoms with Crippen LogP contribution in [0.25, 0.3) is 27.9 Å². The molecule has 0 radical (unpaired) electrons. The van der Waals surface area contributed by atoms with Crippen LogP contribution in [0.3, 0.4) is 0 Å². The minimum Gasteiger partial charge on any atom is -0.340 e. The predicted octanol–water partition coefficient (Wildman–Crippen LogP) is 2.87. The lowest BCUT2D eigenvalue weighted by Crippen LogP contribution is -2.47. The smallest absolute Gasteiger partial charge is 0.255 e. The van der Waals surface area contributed by atoms with Crippen LogP contribution in [-0.4, -0.2) is 46.1 Å². The van der Waals surface area contributed by atoms with Gasteiger partial charge in [-0.25, -0.2) is 15.0 Å². The first-order valence-corrected chi connectivity index (χ1v) is 13.4. The van der Waals surface area contributed by atoms with E-state index in [-0.39, 0.29) is 30.3 Å².